The third-order valence-corrected chi connectivity index (χ3v) is 3.05. The van der Waals surface area contributed by atoms with E-state index < -0.39 is 0 Å². The number of carbonyl (C=O) groups is 1. The average molecular weight is 248 g/mol. The first-order valence-corrected chi connectivity index (χ1v) is 6.61. The normalized spacial score (nSPS) is 12.1. The quantitative estimate of drug-likeness (QED) is 0.869. The van der Waals surface area contributed by atoms with E-state index >= 15 is 0 Å². The molecule has 3 nitrogen and oxygen atoms in total. The molecule has 0 aliphatic rings. The number of anilines is 1. The van der Waals surface area contributed by atoms with Crippen LogP contribution >= 0.6 is 0 Å². The Balaban J connectivity index is 2.74. The summed E-state index contributed by atoms with van der Waals surface area (Å²) in [6.07, 6.45) is 0. The lowest BCUT2D eigenvalue weighted by atomic mass is 10.1. The highest BCUT2D eigenvalue weighted by atomic mass is 16.2. The fraction of sp³-hybridized carbons (Fsp3) is 0.533. The summed E-state index contributed by atoms with van der Waals surface area (Å²) in [5.41, 5.74) is 3.43. The monoisotopic (exact) mass is 248 g/mol. The lowest BCUT2D eigenvalue weighted by Gasteiger charge is -2.24. The molecule has 0 aliphatic carbocycles. The minimum absolute atomic E-state index is 0.152. The summed E-state index contributed by atoms with van der Waals surface area (Å²) in [5, 5.41) is 3.28. The van der Waals surface area contributed by atoms with Gasteiger partial charge in [-0.1, -0.05) is 6.07 Å². The Kier molecular flexibility index (Phi) is 5.20. The molecule has 1 amide bonds. The molecule has 0 fully saturated rings. The molecule has 1 unspecified atom stereocenters. The van der Waals surface area contributed by atoms with Gasteiger partial charge >= 0.3 is 0 Å². The molecule has 100 valence electrons. The number of carbonyl (C=O) groups excluding carboxylic acids is 1. The standard InChI is InChI=1S/C15H24N2O/c1-6-17(7-2)15(18)13(5)16-14-9-11(3)8-12(4)10-14/h8-10,13,16H,6-7H2,1-5H3. The molecule has 0 heterocycles. The van der Waals surface area contributed by atoms with E-state index in [9.17, 15) is 4.79 Å². The lowest BCUT2D eigenvalue weighted by Crippen LogP contribution is -2.41. The third kappa shape index (κ3) is 3.76. The van der Waals surface area contributed by atoms with Crippen LogP contribution in [0.15, 0.2) is 18.2 Å². The highest BCUT2D eigenvalue weighted by Gasteiger charge is 2.17. The number of hydrogen-bond acceptors (Lipinski definition) is 2. The van der Waals surface area contributed by atoms with Gasteiger partial charge in [0.15, 0.2) is 0 Å². The van der Waals surface area contributed by atoms with Gasteiger partial charge in [0.05, 0.1) is 0 Å². The summed E-state index contributed by atoms with van der Waals surface area (Å²) in [7, 11) is 0. The zero-order valence-electron chi connectivity index (χ0n) is 12.1. The van der Waals surface area contributed by atoms with Crippen molar-refractivity contribution in [3.8, 4) is 0 Å². The SMILES string of the molecule is CCN(CC)C(=O)C(C)Nc1cc(C)cc(C)c1. The summed E-state index contributed by atoms with van der Waals surface area (Å²) in [6.45, 7) is 11.6. The van der Waals surface area contributed by atoms with Crippen LogP contribution in [0, 0.1) is 13.8 Å². The van der Waals surface area contributed by atoms with Crippen molar-refractivity contribution in [3.05, 3.63) is 29.3 Å². The second-order valence-electron chi connectivity index (χ2n) is 4.75. The maximum absolute atomic E-state index is 12.1. The van der Waals surface area contributed by atoms with Crippen LogP contribution in [0.5, 0.6) is 0 Å². The minimum Gasteiger partial charge on any atom is -0.374 e. The summed E-state index contributed by atoms with van der Waals surface area (Å²) >= 11 is 0. The fourth-order valence-electron chi connectivity index (χ4n) is 2.18. The molecule has 1 aromatic rings. The second kappa shape index (κ2) is 6.43. The van der Waals surface area contributed by atoms with Crippen LogP contribution in [0.3, 0.4) is 0 Å². The number of hydrogen-bond donors (Lipinski definition) is 1. The van der Waals surface area contributed by atoms with Crippen molar-refractivity contribution in [1.29, 1.82) is 0 Å². The molecule has 1 rings (SSSR count). The Morgan fingerprint density at radius 2 is 1.67 bits per heavy atom. The van der Waals surface area contributed by atoms with Gasteiger partial charge in [0.1, 0.15) is 6.04 Å². The first kappa shape index (κ1) is 14.6. The zero-order chi connectivity index (χ0) is 13.7. The number of nitrogens with one attached hydrogen (secondary N) is 1. The molecular weight excluding hydrogens is 224 g/mol. The van der Waals surface area contributed by atoms with Crippen molar-refractivity contribution in [2.75, 3.05) is 18.4 Å². The van der Waals surface area contributed by atoms with Crippen LogP contribution in [0.4, 0.5) is 5.69 Å². The topological polar surface area (TPSA) is 32.3 Å². The van der Waals surface area contributed by atoms with E-state index in [0.29, 0.717) is 0 Å². The van der Waals surface area contributed by atoms with Gasteiger partial charge in [0.2, 0.25) is 5.91 Å². The third-order valence-electron chi connectivity index (χ3n) is 3.05. The lowest BCUT2D eigenvalue weighted by molar-refractivity contribution is -0.131. The Morgan fingerprint density at radius 1 is 1.17 bits per heavy atom. The largest absolute Gasteiger partial charge is 0.374 e. The predicted octanol–water partition coefficient (Wildman–Crippen LogP) is 2.97. The maximum Gasteiger partial charge on any atom is 0.244 e. The highest BCUT2D eigenvalue weighted by Crippen LogP contribution is 2.15. The van der Waals surface area contributed by atoms with Gasteiger partial charge in [-0.15, -0.1) is 0 Å². The maximum atomic E-state index is 12.1. The molecule has 0 radical (unpaired) electrons. The van der Waals surface area contributed by atoms with Crippen LogP contribution < -0.4 is 5.32 Å². The predicted molar refractivity (Wildman–Crippen MR) is 76.9 cm³/mol. The summed E-state index contributed by atoms with van der Waals surface area (Å²) in [6, 6.07) is 6.08. The van der Waals surface area contributed by atoms with E-state index in [0.717, 1.165) is 18.8 Å². The van der Waals surface area contributed by atoms with E-state index in [1.807, 2.05) is 25.7 Å². The van der Waals surface area contributed by atoms with Crippen LogP contribution in [0.1, 0.15) is 31.9 Å². The van der Waals surface area contributed by atoms with Gasteiger partial charge in [0.25, 0.3) is 0 Å². The van der Waals surface area contributed by atoms with Crippen molar-refractivity contribution < 1.29 is 4.79 Å². The number of benzene rings is 1. The van der Waals surface area contributed by atoms with Gasteiger partial charge in [-0.05, 0) is 57.9 Å². The fourth-order valence-corrected chi connectivity index (χ4v) is 2.18. The molecule has 1 N–H and O–H groups in total. The van der Waals surface area contributed by atoms with E-state index in [2.05, 4.69) is 37.4 Å². The average Bonchev–Trinajstić information content (AvgIpc) is 2.28. The van der Waals surface area contributed by atoms with E-state index in [-0.39, 0.29) is 11.9 Å². The Bertz CT molecular complexity index is 391. The minimum atomic E-state index is -0.189. The van der Waals surface area contributed by atoms with Gasteiger partial charge in [-0.3, -0.25) is 4.79 Å². The molecular formula is C15H24N2O. The van der Waals surface area contributed by atoms with E-state index in [4.69, 9.17) is 0 Å². The Hall–Kier alpha value is -1.51. The summed E-state index contributed by atoms with van der Waals surface area (Å²) in [5.74, 6) is 0.152. The molecule has 0 saturated heterocycles. The number of aryl methyl sites for hydroxylation is 2. The van der Waals surface area contributed by atoms with Crippen molar-refractivity contribution in [1.82, 2.24) is 4.90 Å². The van der Waals surface area contributed by atoms with E-state index in [1.54, 1.807) is 0 Å². The van der Waals surface area contributed by atoms with Gasteiger partial charge in [-0.2, -0.15) is 0 Å². The number of likely N-dealkylation sites (N-methyl/N-ethyl adjacent to an activating group) is 1. The Labute approximate surface area is 110 Å². The molecule has 0 bridgehead atoms. The van der Waals surface area contributed by atoms with Crippen LogP contribution in [0.2, 0.25) is 0 Å². The molecule has 0 saturated carbocycles. The molecule has 1 atom stereocenters. The van der Waals surface area contributed by atoms with Crippen molar-refractivity contribution in [2.45, 2.75) is 40.7 Å². The van der Waals surface area contributed by atoms with Crippen molar-refractivity contribution in [3.63, 3.8) is 0 Å². The second-order valence-corrected chi connectivity index (χ2v) is 4.75. The van der Waals surface area contributed by atoms with Gasteiger partial charge in [0, 0.05) is 18.8 Å². The smallest absolute Gasteiger partial charge is 0.244 e. The Morgan fingerprint density at radius 3 is 2.11 bits per heavy atom. The van der Waals surface area contributed by atoms with Crippen LogP contribution in [0.25, 0.3) is 0 Å². The summed E-state index contributed by atoms with van der Waals surface area (Å²) in [4.78, 5) is 14.0. The molecule has 0 spiro atoms. The van der Waals surface area contributed by atoms with Crippen LogP contribution in [-0.4, -0.2) is 29.9 Å². The number of amides is 1. The molecule has 1 aromatic carbocycles. The molecule has 18 heavy (non-hydrogen) atoms. The molecule has 3 heteroatoms. The van der Waals surface area contributed by atoms with Gasteiger partial charge in [-0.25, -0.2) is 0 Å². The van der Waals surface area contributed by atoms with E-state index in [1.165, 1.54) is 11.1 Å². The summed E-state index contributed by atoms with van der Waals surface area (Å²) < 4.78 is 0. The first-order chi connectivity index (χ1) is 8.47. The molecule has 0 aliphatic heterocycles. The van der Waals surface area contributed by atoms with Gasteiger partial charge < -0.3 is 10.2 Å². The first-order valence-electron chi connectivity index (χ1n) is 6.61. The van der Waals surface area contributed by atoms with Crippen molar-refractivity contribution >= 4 is 11.6 Å². The van der Waals surface area contributed by atoms with Crippen LogP contribution in [-0.2, 0) is 4.79 Å². The molecule has 0 aromatic heterocycles. The zero-order valence-corrected chi connectivity index (χ0v) is 12.1. The van der Waals surface area contributed by atoms with Crippen molar-refractivity contribution in [2.24, 2.45) is 0 Å². The number of rotatable bonds is 5. The number of nitrogens with zero attached hydrogens (tertiary/aromatic N) is 1. The highest BCUT2D eigenvalue weighted by molar-refractivity contribution is 5.84.